The molecule has 1 aromatic heterocycles. The van der Waals surface area contributed by atoms with Crippen LogP contribution < -0.4 is 15.8 Å². The van der Waals surface area contributed by atoms with Crippen molar-refractivity contribution in [2.24, 2.45) is 4.99 Å². The fraction of sp³-hybridized carbons (Fsp3) is 0.429. The van der Waals surface area contributed by atoms with Gasteiger partial charge in [0.25, 0.3) is 0 Å². The SMILES string of the molecule is C1=Nc2nccc3c2=C1CN(C1CCNCC1)C=3. The Kier molecular flexibility index (Phi) is 2.23. The molecule has 0 spiro atoms. The zero-order valence-electron chi connectivity index (χ0n) is 10.3. The Hall–Kier alpha value is -1.68. The van der Waals surface area contributed by atoms with Gasteiger partial charge in [-0.15, -0.1) is 0 Å². The van der Waals surface area contributed by atoms with Crippen LogP contribution in [0.1, 0.15) is 12.8 Å². The van der Waals surface area contributed by atoms with Crippen LogP contribution in [0.5, 0.6) is 0 Å². The maximum absolute atomic E-state index is 4.40. The average Bonchev–Trinajstić information content (AvgIpc) is 2.85. The molecule has 1 N–H and O–H groups in total. The van der Waals surface area contributed by atoms with Gasteiger partial charge < -0.3 is 10.2 Å². The molecule has 4 heterocycles. The molecule has 0 aliphatic carbocycles. The van der Waals surface area contributed by atoms with Crippen LogP contribution in [0.2, 0.25) is 0 Å². The summed E-state index contributed by atoms with van der Waals surface area (Å²) >= 11 is 0. The quantitative estimate of drug-likeness (QED) is 0.736. The van der Waals surface area contributed by atoms with Crippen LogP contribution in [-0.2, 0) is 0 Å². The first-order chi connectivity index (χ1) is 8.92. The van der Waals surface area contributed by atoms with Gasteiger partial charge in [0.1, 0.15) is 0 Å². The van der Waals surface area contributed by atoms with Gasteiger partial charge in [0.05, 0.1) is 0 Å². The molecular weight excluding hydrogens is 224 g/mol. The van der Waals surface area contributed by atoms with Gasteiger partial charge >= 0.3 is 0 Å². The van der Waals surface area contributed by atoms with Crippen molar-refractivity contribution in [1.29, 1.82) is 0 Å². The molecule has 18 heavy (non-hydrogen) atoms. The molecule has 0 amide bonds. The summed E-state index contributed by atoms with van der Waals surface area (Å²) < 4.78 is 0. The molecule has 4 nitrogen and oxygen atoms in total. The van der Waals surface area contributed by atoms with E-state index in [2.05, 4.69) is 32.5 Å². The maximum Gasteiger partial charge on any atom is 0.160 e. The first-order valence-corrected chi connectivity index (χ1v) is 6.62. The van der Waals surface area contributed by atoms with E-state index in [1.807, 2.05) is 12.4 Å². The normalized spacial score (nSPS) is 22.0. The molecule has 4 rings (SSSR count). The van der Waals surface area contributed by atoms with Crippen molar-refractivity contribution < 1.29 is 0 Å². The Balaban J connectivity index is 1.77. The molecule has 1 saturated heterocycles. The van der Waals surface area contributed by atoms with E-state index >= 15 is 0 Å². The summed E-state index contributed by atoms with van der Waals surface area (Å²) in [7, 11) is 0. The molecule has 0 atom stereocenters. The minimum absolute atomic E-state index is 0.664. The van der Waals surface area contributed by atoms with Crippen molar-refractivity contribution in [3.63, 3.8) is 0 Å². The number of rotatable bonds is 1. The molecule has 3 aliphatic heterocycles. The first-order valence-electron chi connectivity index (χ1n) is 6.62. The first kappa shape index (κ1) is 10.3. The van der Waals surface area contributed by atoms with E-state index in [1.165, 1.54) is 28.9 Å². The van der Waals surface area contributed by atoms with Gasteiger partial charge in [0, 0.05) is 47.2 Å². The monoisotopic (exact) mass is 240 g/mol. The molecule has 0 aromatic carbocycles. The number of nitrogens with zero attached hydrogens (tertiary/aromatic N) is 3. The molecule has 3 aliphatic rings. The Labute approximate surface area is 106 Å². The van der Waals surface area contributed by atoms with E-state index < -0.39 is 0 Å². The molecule has 1 aromatic rings. The van der Waals surface area contributed by atoms with E-state index in [0.717, 1.165) is 25.5 Å². The number of nitrogens with one attached hydrogen (secondary N) is 1. The zero-order chi connectivity index (χ0) is 11.9. The fourth-order valence-electron chi connectivity index (χ4n) is 3.12. The lowest BCUT2D eigenvalue weighted by Gasteiger charge is -2.35. The molecule has 0 bridgehead atoms. The van der Waals surface area contributed by atoms with Crippen LogP contribution in [0.25, 0.3) is 11.8 Å². The van der Waals surface area contributed by atoms with Gasteiger partial charge in [-0.1, -0.05) is 0 Å². The van der Waals surface area contributed by atoms with Crippen LogP contribution in [-0.4, -0.2) is 41.8 Å². The number of pyridine rings is 1. The number of hydrogen-bond acceptors (Lipinski definition) is 4. The fourth-order valence-corrected chi connectivity index (χ4v) is 3.12. The van der Waals surface area contributed by atoms with Crippen molar-refractivity contribution in [1.82, 2.24) is 15.2 Å². The minimum atomic E-state index is 0.664. The lowest BCUT2D eigenvalue weighted by atomic mass is 10.0. The summed E-state index contributed by atoms with van der Waals surface area (Å²) in [5.74, 6) is 0.892. The lowest BCUT2D eigenvalue weighted by Crippen LogP contribution is -2.46. The van der Waals surface area contributed by atoms with Gasteiger partial charge in [-0.3, -0.25) is 0 Å². The van der Waals surface area contributed by atoms with Crippen molar-refractivity contribution in [2.75, 3.05) is 19.6 Å². The summed E-state index contributed by atoms with van der Waals surface area (Å²) in [6, 6.07) is 2.76. The Morgan fingerprint density at radius 2 is 2.17 bits per heavy atom. The Bertz CT molecular complexity index is 626. The lowest BCUT2D eigenvalue weighted by molar-refractivity contribution is 0.267. The van der Waals surface area contributed by atoms with E-state index in [0.29, 0.717) is 6.04 Å². The maximum atomic E-state index is 4.40. The van der Waals surface area contributed by atoms with Gasteiger partial charge in [0.2, 0.25) is 0 Å². The number of hydrogen-bond donors (Lipinski definition) is 1. The van der Waals surface area contributed by atoms with Crippen molar-refractivity contribution in [3.8, 4) is 0 Å². The Morgan fingerprint density at radius 3 is 3.06 bits per heavy atom. The van der Waals surface area contributed by atoms with Crippen LogP contribution in [0.4, 0.5) is 5.82 Å². The molecule has 0 saturated carbocycles. The topological polar surface area (TPSA) is 40.5 Å². The summed E-state index contributed by atoms with van der Waals surface area (Å²) in [4.78, 5) is 11.2. The number of piperidine rings is 1. The number of aliphatic imine (C=N–C) groups is 1. The molecule has 4 heteroatoms. The van der Waals surface area contributed by atoms with Gasteiger partial charge in [-0.05, 0) is 32.0 Å². The second-order valence-electron chi connectivity index (χ2n) is 5.16. The predicted octanol–water partition coefficient (Wildman–Crippen LogP) is -0.246. The highest BCUT2D eigenvalue weighted by Gasteiger charge is 2.23. The minimum Gasteiger partial charge on any atom is -0.369 e. The zero-order valence-corrected chi connectivity index (χ0v) is 10.3. The van der Waals surface area contributed by atoms with E-state index in [-0.39, 0.29) is 0 Å². The average molecular weight is 240 g/mol. The van der Waals surface area contributed by atoms with Crippen LogP contribution in [0.3, 0.4) is 0 Å². The highest BCUT2D eigenvalue weighted by molar-refractivity contribution is 6.07. The third kappa shape index (κ3) is 1.49. The van der Waals surface area contributed by atoms with Crippen molar-refractivity contribution in [2.45, 2.75) is 18.9 Å². The third-order valence-corrected chi connectivity index (χ3v) is 4.06. The largest absolute Gasteiger partial charge is 0.369 e. The van der Waals surface area contributed by atoms with Crippen molar-refractivity contribution >= 4 is 23.8 Å². The highest BCUT2D eigenvalue weighted by Crippen LogP contribution is 2.18. The van der Waals surface area contributed by atoms with Gasteiger partial charge in [-0.2, -0.15) is 0 Å². The second kappa shape index (κ2) is 3.92. The molecule has 1 fully saturated rings. The molecule has 0 radical (unpaired) electrons. The van der Waals surface area contributed by atoms with E-state index in [1.54, 1.807) is 0 Å². The highest BCUT2D eigenvalue weighted by atomic mass is 15.2. The van der Waals surface area contributed by atoms with E-state index in [4.69, 9.17) is 0 Å². The molecule has 92 valence electrons. The summed E-state index contributed by atoms with van der Waals surface area (Å²) in [5.41, 5.74) is 1.33. The Morgan fingerprint density at radius 1 is 1.28 bits per heavy atom. The smallest absolute Gasteiger partial charge is 0.160 e. The van der Waals surface area contributed by atoms with Crippen LogP contribution in [0.15, 0.2) is 17.3 Å². The third-order valence-electron chi connectivity index (χ3n) is 4.06. The molecular formula is C14H16N4. The van der Waals surface area contributed by atoms with Crippen LogP contribution >= 0.6 is 0 Å². The summed E-state index contributed by atoms with van der Waals surface area (Å²) in [5, 5.41) is 5.95. The molecule has 0 unspecified atom stereocenters. The van der Waals surface area contributed by atoms with Gasteiger partial charge in [0.15, 0.2) is 5.82 Å². The van der Waals surface area contributed by atoms with Gasteiger partial charge in [-0.25, -0.2) is 9.98 Å². The second-order valence-corrected chi connectivity index (χ2v) is 5.16. The predicted molar refractivity (Wildman–Crippen MR) is 72.1 cm³/mol. The van der Waals surface area contributed by atoms with E-state index in [9.17, 15) is 0 Å². The summed E-state index contributed by atoms with van der Waals surface area (Å²) in [6.07, 6.45) is 8.61. The number of aromatic nitrogens is 1. The van der Waals surface area contributed by atoms with Crippen molar-refractivity contribution in [3.05, 3.63) is 22.7 Å². The summed E-state index contributed by atoms with van der Waals surface area (Å²) in [6.45, 7) is 3.25. The van der Waals surface area contributed by atoms with Crippen LogP contribution in [0, 0.1) is 0 Å². The standard InChI is InChI=1S/C14H16N4/c1-6-16-14-13-10(1)8-18(9-11(13)7-17-14)12-2-4-15-5-3-12/h1,6-8,12,15H,2-5,9H2.